The molecule has 0 saturated carbocycles. The number of methoxy groups -OCH3 is 1. The van der Waals surface area contributed by atoms with Gasteiger partial charge in [0.25, 0.3) is 0 Å². The van der Waals surface area contributed by atoms with Crippen LogP contribution in [0.2, 0.25) is 0 Å². The zero-order chi connectivity index (χ0) is 12.5. The second-order valence-electron chi connectivity index (χ2n) is 3.23. The third-order valence-corrected chi connectivity index (χ3v) is 2.08. The highest BCUT2D eigenvalue weighted by atomic mass is 16.5. The van der Waals surface area contributed by atoms with Crippen LogP contribution in [0.15, 0.2) is 35.3 Å². The van der Waals surface area contributed by atoms with Crippen molar-refractivity contribution in [2.75, 3.05) is 13.7 Å². The Balaban J connectivity index is 2.74. The minimum atomic E-state index is 0.561. The first-order chi connectivity index (χ1) is 8.30. The van der Waals surface area contributed by atoms with Crippen molar-refractivity contribution < 1.29 is 4.74 Å². The van der Waals surface area contributed by atoms with Gasteiger partial charge in [0, 0.05) is 6.54 Å². The van der Waals surface area contributed by atoms with E-state index in [1.165, 1.54) is 0 Å². The van der Waals surface area contributed by atoms with Crippen molar-refractivity contribution in [2.24, 2.45) is 4.99 Å². The van der Waals surface area contributed by atoms with Crippen LogP contribution in [0.1, 0.15) is 12.5 Å². The van der Waals surface area contributed by atoms with Crippen LogP contribution in [0, 0.1) is 11.5 Å². The molecule has 0 spiro atoms. The van der Waals surface area contributed by atoms with E-state index in [0.717, 1.165) is 17.9 Å². The van der Waals surface area contributed by atoms with Gasteiger partial charge >= 0.3 is 0 Å². The molecule has 0 aliphatic heterocycles. The standard InChI is InChI=1S/C13H15N3O/c1-3-15-13(16-10-14)9-6-11-4-7-12(17-2)8-5-11/h4-9H,3H2,1-2H3,(H,15,16). The van der Waals surface area contributed by atoms with Crippen LogP contribution in [0.4, 0.5) is 0 Å². The Morgan fingerprint density at radius 2 is 2.18 bits per heavy atom. The first-order valence-electron chi connectivity index (χ1n) is 5.33. The Morgan fingerprint density at radius 3 is 2.71 bits per heavy atom. The fourth-order valence-corrected chi connectivity index (χ4v) is 1.26. The number of hydrogen-bond acceptors (Lipinski definition) is 3. The molecule has 88 valence electrons. The number of amidine groups is 1. The maximum atomic E-state index is 8.50. The molecule has 0 radical (unpaired) electrons. The molecule has 4 heteroatoms. The van der Waals surface area contributed by atoms with Crippen LogP contribution in [0.5, 0.6) is 5.75 Å². The third kappa shape index (κ3) is 4.39. The fraction of sp³-hybridized carbons (Fsp3) is 0.231. The second-order valence-corrected chi connectivity index (χ2v) is 3.23. The van der Waals surface area contributed by atoms with Crippen LogP contribution in [0.25, 0.3) is 6.08 Å². The molecule has 0 saturated heterocycles. The Kier molecular flexibility index (Phi) is 5.32. The molecule has 0 amide bonds. The van der Waals surface area contributed by atoms with Crippen molar-refractivity contribution in [3.63, 3.8) is 0 Å². The summed E-state index contributed by atoms with van der Waals surface area (Å²) in [5.74, 6) is 1.38. The Labute approximate surface area is 101 Å². The second kappa shape index (κ2) is 7.07. The number of hydrogen-bond donors (Lipinski definition) is 1. The third-order valence-electron chi connectivity index (χ3n) is 2.08. The fourth-order valence-electron chi connectivity index (χ4n) is 1.26. The van der Waals surface area contributed by atoms with Crippen molar-refractivity contribution in [1.29, 1.82) is 5.26 Å². The molecule has 1 rings (SSSR count). The Hall–Kier alpha value is -2.28. The molecule has 0 bridgehead atoms. The molecule has 0 aromatic heterocycles. The summed E-state index contributed by atoms with van der Waals surface area (Å²) in [6.07, 6.45) is 5.42. The molecule has 0 fully saturated rings. The van der Waals surface area contributed by atoms with Crippen molar-refractivity contribution >= 4 is 11.9 Å². The summed E-state index contributed by atoms with van der Waals surface area (Å²) in [5.41, 5.74) is 1.02. The van der Waals surface area contributed by atoms with Crippen molar-refractivity contribution in [1.82, 2.24) is 5.32 Å². The van der Waals surface area contributed by atoms with Crippen molar-refractivity contribution in [3.8, 4) is 11.9 Å². The van der Waals surface area contributed by atoms with Gasteiger partial charge in [0.2, 0.25) is 6.19 Å². The van der Waals surface area contributed by atoms with Gasteiger partial charge in [0.1, 0.15) is 11.6 Å². The SMILES string of the molecule is CCNC(C=Cc1ccc(OC)cc1)=NC#N. The van der Waals surface area contributed by atoms with Gasteiger partial charge in [-0.15, -0.1) is 0 Å². The zero-order valence-electron chi connectivity index (χ0n) is 9.97. The number of ether oxygens (including phenoxy) is 1. The Bertz CT molecular complexity index is 441. The van der Waals surface area contributed by atoms with E-state index >= 15 is 0 Å². The minimum Gasteiger partial charge on any atom is -0.497 e. The van der Waals surface area contributed by atoms with Crippen LogP contribution in [-0.2, 0) is 0 Å². The van der Waals surface area contributed by atoms with E-state index in [1.807, 2.05) is 37.3 Å². The maximum absolute atomic E-state index is 8.50. The van der Waals surface area contributed by atoms with Gasteiger partial charge in [0.05, 0.1) is 7.11 Å². The zero-order valence-corrected chi connectivity index (χ0v) is 9.97. The first kappa shape index (κ1) is 12.8. The van der Waals surface area contributed by atoms with Gasteiger partial charge in [0.15, 0.2) is 0 Å². The molecule has 1 aromatic rings. The van der Waals surface area contributed by atoms with Crippen LogP contribution < -0.4 is 10.1 Å². The van der Waals surface area contributed by atoms with Crippen LogP contribution >= 0.6 is 0 Å². The molecule has 1 aromatic carbocycles. The number of nitrogens with zero attached hydrogens (tertiary/aromatic N) is 2. The average molecular weight is 229 g/mol. The van der Waals surface area contributed by atoms with Gasteiger partial charge in [-0.1, -0.05) is 18.2 Å². The molecule has 0 aliphatic rings. The molecular formula is C13H15N3O. The monoisotopic (exact) mass is 229 g/mol. The summed E-state index contributed by atoms with van der Waals surface area (Å²) in [6.45, 7) is 2.68. The van der Waals surface area contributed by atoms with Crippen molar-refractivity contribution in [2.45, 2.75) is 6.92 Å². The summed E-state index contributed by atoms with van der Waals surface area (Å²) in [4.78, 5) is 3.66. The summed E-state index contributed by atoms with van der Waals surface area (Å²) in [7, 11) is 1.63. The molecule has 0 unspecified atom stereocenters. The summed E-state index contributed by atoms with van der Waals surface area (Å²) >= 11 is 0. The van der Waals surface area contributed by atoms with E-state index in [0.29, 0.717) is 5.84 Å². The van der Waals surface area contributed by atoms with Gasteiger partial charge in [-0.25, -0.2) is 0 Å². The lowest BCUT2D eigenvalue weighted by Gasteiger charge is -2.01. The molecular weight excluding hydrogens is 214 g/mol. The summed E-state index contributed by atoms with van der Waals surface area (Å²) in [5, 5.41) is 11.5. The first-order valence-corrected chi connectivity index (χ1v) is 5.33. The smallest absolute Gasteiger partial charge is 0.207 e. The topological polar surface area (TPSA) is 57.4 Å². The van der Waals surface area contributed by atoms with Gasteiger partial charge < -0.3 is 10.1 Å². The number of nitriles is 1. The lowest BCUT2D eigenvalue weighted by molar-refractivity contribution is 0.415. The number of rotatable bonds is 4. The minimum absolute atomic E-state index is 0.561. The highest BCUT2D eigenvalue weighted by molar-refractivity contribution is 5.96. The quantitative estimate of drug-likeness (QED) is 0.489. The van der Waals surface area contributed by atoms with Gasteiger partial charge in [-0.2, -0.15) is 10.3 Å². The highest BCUT2D eigenvalue weighted by Crippen LogP contribution is 2.12. The number of likely N-dealkylation sites (N-methyl/N-ethyl adjacent to an activating group) is 1. The normalized spacial score (nSPS) is 11.2. The highest BCUT2D eigenvalue weighted by Gasteiger charge is 1.92. The number of benzene rings is 1. The molecule has 4 nitrogen and oxygen atoms in total. The van der Waals surface area contributed by atoms with E-state index in [9.17, 15) is 0 Å². The molecule has 1 N–H and O–H groups in total. The van der Waals surface area contributed by atoms with Gasteiger partial charge in [-0.05, 0) is 30.7 Å². The predicted octanol–water partition coefficient (Wildman–Crippen LogP) is 2.20. The Morgan fingerprint density at radius 1 is 1.47 bits per heavy atom. The largest absolute Gasteiger partial charge is 0.497 e. The predicted molar refractivity (Wildman–Crippen MR) is 68.8 cm³/mol. The van der Waals surface area contributed by atoms with E-state index < -0.39 is 0 Å². The van der Waals surface area contributed by atoms with E-state index in [4.69, 9.17) is 10.00 Å². The molecule has 17 heavy (non-hydrogen) atoms. The van der Waals surface area contributed by atoms with Crippen LogP contribution in [0.3, 0.4) is 0 Å². The van der Waals surface area contributed by atoms with E-state index in [2.05, 4.69) is 10.3 Å². The number of nitrogens with one attached hydrogen (secondary N) is 1. The molecule has 0 heterocycles. The van der Waals surface area contributed by atoms with Crippen molar-refractivity contribution in [3.05, 3.63) is 35.9 Å². The lowest BCUT2D eigenvalue weighted by Crippen LogP contribution is -2.20. The average Bonchev–Trinajstić information content (AvgIpc) is 2.37. The lowest BCUT2D eigenvalue weighted by atomic mass is 10.2. The molecule has 0 atom stereocenters. The van der Waals surface area contributed by atoms with E-state index in [-0.39, 0.29) is 0 Å². The maximum Gasteiger partial charge on any atom is 0.207 e. The van der Waals surface area contributed by atoms with Crippen LogP contribution in [-0.4, -0.2) is 19.5 Å². The van der Waals surface area contributed by atoms with E-state index in [1.54, 1.807) is 19.4 Å². The summed E-state index contributed by atoms with van der Waals surface area (Å²) in [6, 6.07) is 7.64. The number of aliphatic imine (C=N–C) groups is 1. The summed E-state index contributed by atoms with van der Waals surface area (Å²) < 4.78 is 5.07. The molecule has 0 aliphatic carbocycles. The van der Waals surface area contributed by atoms with Gasteiger partial charge in [-0.3, -0.25) is 0 Å².